The number of carbonyl (C=O) groups excluding carboxylic acids is 1. The number of rotatable bonds is 8. The maximum absolute atomic E-state index is 13.9. The lowest BCUT2D eigenvalue weighted by atomic mass is 10.0. The van der Waals surface area contributed by atoms with Gasteiger partial charge in [-0.2, -0.15) is 0 Å². The first-order chi connectivity index (χ1) is 17.3. The molecule has 1 amide bonds. The highest BCUT2D eigenvalue weighted by atomic mass is 35.5. The number of nitrogens with two attached hydrogens (primary N) is 1. The maximum Gasteiger partial charge on any atom is 0.251 e. The molecule has 1 heterocycles. The van der Waals surface area contributed by atoms with Crippen LogP contribution >= 0.6 is 23.2 Å². The lowest BCUT2D eigenvalue weighted by molar-refractivity contribution is 0.0954. The van der Waals surface area contributed by atoms with E-state index in [0.29, 0.717) is 23.4 Å². The molecule has 3 aromatic carbocycles. The van der Waals surface area contributed by atoms with E-state index in [4.69, 9.17) is 33.7 Å². The monoisotopic (exact) mass is 523 g/mol. The molecule has 0 bridgehead atoms. The largest absolute Gasteiger partial charge is 0.482 e. The molecule has 36 heavy (non-hydrogen) atoms. The van der Waals surface area contributed by atoms with Crippen molar-refractivity contribution in [1.29, 1.82) is 0 Å². The van der Waals surface area contributed by atoms with Crippen LogP contribution in [-0.4, -0.2) is 17.4 Å². The van der Waals surface area contributed by atoms with E-state index in [1.54, 1.807) is 31.3 Å². The van der Waals surface area contributed by atoms with Gasteiger partial charge in [0.05, 0.1) is 5.02 Å². The molecule has 4 rings (SSSR count). The highest BCUT2D eigenvalue weighted by molar-refractivity contribution is 6.36. The Morgan fingerprint density at radius 3 is 2.50 bits per heavy atom. The fraction of sp³-hybridized carbons (Fsp3) is 0.143. The molecule has 1 aromatic heterocycles. The molecule has 1 atom stereocenters. The number of hydrogen-bond donors (Lipinski definition) is 2. The van der Waals surface area contributed by atoms with Crippen molar-refractivity contribution in [3.63, 3.8) is 0 Å². The summed E-state index contributed by atoms with van der Waals surface area (Å²) in [4.78, 5) is 16.7. The highest BCUT2D eigenvalue weighted by Crippen LogP contribution is 2.37. The second kappa shape index (κ2) is 11.4. The molecule has 3 N–H and O–H groups in total. The number of pyridine rings is 1. The lowest BCUT2D eigenvalue weighted by Crippen LogP contribution is -2.25. The molecule has 0 aliphatic rings. The third-order valence-corrected chi connectivity index (χ3v) is 6.41. The zero-order valence-corrected chi connectivity index (χ0v) is 21.0. The minimum atomic E-state index is -0.679. The van der Waals surface area contributed by atoms with Gasteiger partial charge in [-0.05, 0) is 54.8 Å². The predicted molar refractivity (Wildman–Crippen MR) is 142 cm³/mol. The van der Waals surface area contributed by atoms with E-state index in [-0.39, 0.29) is 21.8 Å². The minimum absolute atomic E-state index is 0.102. The number of amides is 1. The van der Waals surface area contributed by atoms with Crippen LogP contribution in [0.4, 0.5) is 10.2 Å². The van der Waals surface area contributed by atoms with E-state index in [0.717, 1.165) is 17.5 Å². The summed E-state index contributed by atoms with van der Waals surface area (Å²) >= 11 is 12.3. The molecule has 0 saturated carbocycles. The summed E-state index contributed by atoms with van der Waals surface area (Å²) in [5.74, 6) is -0.257. The highest BCUT2D eigenvalue weighted by Gasteiger charge is 2.20. The molecule has 0 spiro atoms. The summed E-state index contributed by atoms with van der Waals surface area (Å²) in [5.41, 5.74) is 9.62. The fourth-order valence-corrected chi connectivity index (χ4v) is 4.43. The van der Waals surface area contributed by atoms with Gasteiger partial charge in [0.25, 0.3) is 5.91 Å². The summed E-state index contributed by atoms with van der Waals surface area (Å²) < 4.78 is 19.9. The van der Waals surface area contributed by atoms with Crippen molar-refractivity contribution in [2.75, 3.05) is 12.3 Å². The molecular formula is C28H24Cl2FN3O2. The Balaban J connectivity index is 1.45. The molecule has 0 radical (unpaired) electrons. The normalized spacial score (nSPS) is 11.7. The van der Waals surface area contributed by atoms with E-state index in [2.05, 4.69) is 10.3 Å². The quantitative estimate of drug-likeness (QED) is 0.246. The van der Waals surface area contributed by atoms with Gasteiger partial charge in [-0.3, -0.25) is 4.79 Å². The third-order valence-electron chi connectivity index (χ3n) is 5.69. The van der Waals surface area contributed by atoms with Crippen LogP contribution in [0.15, 0.2) is 79.0 Å². The number of anilines is 1. The van der Waals surface area contributed by atoms with Gasteiger partial charge in [0.1, 0.15) is 11.9 Å². The number of nitrogen functional groups attached to an aromatic ring is 1. The van der Waals surface area contributed by atoms with Crippen LogP contribution in [0.1, 0.15) is 34.5 Å². The van der Waals surface area contributed by atoms with Crippen LogP contribution in [0.25, 0.3) is 11.1 Å². The molecule has 0 aliphatic heterocycles. The molecule has 8 heteroatoms. The number of ether oxygens (including phenoxy) is 1. The summed E-state index contributed by atoms with van der Waals surface area (Å²) in [6, 6.07) is 21.5. The van der Waals surface area contributed by atoms with Crippen molar-refractivity contribution in [2.24, 2.45) is 0 Å². The minimum Gasteiger partial charge on any atom is -0.482 e. The standard InChI is InChI=1S/C28H24Cl2FN3O2/c1-17(25-22(29)11-12-23(31)26(25)30)36-24-15-21(16-34-27(24)32)19-7-9-20(10-8-19)28(35)33-14-13-18-5-3-2-4-6-18/h2-12,15-17H,13-14H2,1H3,(H2,32,34)(H,33,35). The van der Waals surface area contributed by atoms with Crippen molar-refractivity contribution in [1.82, 2.24) is 10.3 Å². The van der Waals surface area contributed by atoms with Gasteiger partial charge in [-0.15, -0.1) is 0 Å². The zero-order chi connectivity index (χ0) is 25.7. The van der Waals surface area contributed by atoms with E-state index in [1.165, 1.54) is 17.7 Å². The predicted octanol–water partition coefficient (Wildman–Crippen LogP) is 6.89. The zero-order valence-electron chi connectivity index (χ0n) is 19.5. The first-order valence-electron chi connectivity index (χ1n) is 11.3. The molecule has 0 saturated heterocycles. The molecular weight excluding hydrogens is 500 g/mol. The van der Waals surface area contributed by atoms with Gasteiger partial charge < -0.3 is 15.8 Å². The summed E-state index contributed by atoms with van der Waals surface area (Å²) in [6.07, 6.45) is 1.70. The number of nitrogens with zero attached hydrogens (tertiary/aromatic N) is 1. The van der Waals surface area contributed by atoms with Crippen molar-refractivity contribution in [2.45, 2.75) is 19.4 Å². The average molecular weight is 524 g/mol. The number of hydrogen-bond acceptors (Lipinski definition) is 4. The number of benzene rings is 3. The van der Waals surface area contributed by atoms with Gasteiger partial charge in [0.15, 0.2) is 11.6 Å². The SMILES string of the molecule is CC(Oc1cc(-c2ccc(C(=O)NCCc3ccccc3)cc2)cnc1N)c1c(Cl)ccc(F)c1Cl. The van der Waals surface area contributed by atoms with Crippen molar-refractivity contribution in [3.8, 4) is 16.9 Å². The van der Waals surface area contributed by atoms with Crippen LogP contribution in [0.3, 0.4) is 0 Å². The second-order valence-corrected chi connectivity index (χ2v) is 8.98. The van der Waals surface area contributed by atoms with Gasteiger partial charge >= 0.3 is 0 Å². The van der Waals surface area contributed by atoms with Gasteiger partial charge in [0.2, 0.25) is 0 Å². The number of aromatic nitrogens is 1. The number of carbonyl (C=O) groups is 1. The molecule has 0 fully saturated rings. The van der Waals surface area contributed by atoms with Gasteiger partial charge in [-0.25, -0.2) is 9.37 Å². The van der Waals surface area contributed by atoms with Crippen molar-refractivity contribution in [3.05, 3.63) is 112 Å². The fourth-order valence-electron chi connectivity index (χ4n) is 3.75. The Bertz CT molecular complexity index is 1370. The first-order valence-corrected chi connectivity index (χ1v) is 12.1. The Morgan fingerprint density at radius 1 is 1.06 bits per heavy atom. The third kappa shape index (κ3) is 5.96. The Morgan fingerprint density at radius 2 is 1.78 bits per heavy atom. The van der Waals surface area contributed by atoms with Crippen molar-refractivity contribution >= 4 is 34.9 Å². The molecule has 5 nitrogen and oxygen atoms in total. The molecule has 4 aromatic rings. The van der Waals surface area contributed by atoms with E-state index in [9.17, 15) is 9.18 Å². The first kappa shape index (κ1) is 25.5. The molecule has 0 aliphatic carbocycles. The Hall–Kier alpha value is -3.61. The smallest absolute Gasteiger partial charge is 0.251 e. The van der Waals surface area contributed by atoms with Crippen LogP contribution in [0.2, 0.25) is 10.0 Å². The summed E-state index contributed by atoms with van der Waals surface area (Å²) in [7, 11) is 0. The van der Waals surface area contributed by atoms with Gasteiger partial charge in [-0.1, -0.05) is 65.7 Å². The molecule has 184 valence electrons. The van der Waals surface area contributed by atoms with E-state index >= 15 is 0 Å². The second-order valence-electron chi connectivity index (χ2n) is 8.19. The summed E-state index contributed by atoms with van der Waals surface area (Å²) in [6.45, 7) is 2.24. The van der Waals surface area contributed by atoms with Crippen LogP contribution in [0.5, 0.6) is 5.75 Å². The van der Waals surface area contributed by atoms with Crippen LogP contribution in [0, 0.1) is 5.82 Å². The lowest BCUT2D eigenvalue weighted by Gasteiger charge is -2.19. The maximum atomic E-state index is 13.9. The van der Waals surface area contributed by atoms with Gasteiger partial charge in [0, 0.05) is 34.5 Å². The average Bonchev–Trinajstić information content (AvgIpc) is 2.88. The number of nitrogens with one attached hydrogen (secondary N) is 1. The topological polar surface area (TPSA) is 77.2 Å². The van der Waals surface area contributed by atoms with E-state index < -0.39 is 11.9 Å². The van der Waals surface area contributed by atoms with Crippen molar-refractivity contribution < 1.29 is 13.9 Å². The van der Waals surface area contributed by atoms with E-state index in [1.807, 2.05) is 42.5 Å². The summed E-state index contributed by atoms with van der Waals surface area (Å²) in [5, 5.41) is 3.12. The Kier molecular flexibility index (Phi) is 8.08. The van der Waals surface area contributed by atoms with Crippen LogP contribution < -0.4 is 15.8 Å². The molecule has 1 unspecified atom stereocenters. The Labute approximate surface area is 219 Å². The van der Waals surface area contributed by atoms with Crippen LogP contribution in [-0.2, 0) is 6.42 Å². The number of halogens is 3.